The highest BCUT2D eigenvalue weighted by Crippen LogP contribution is 2.22. The van der Waals surface area contributed by atoms with E-state index in [-0.39, 0.29) is 12.1 Å². The Morgan fingerprint density at radius 1 is 1.12 bits per heavy atom. The molecule has 0 saturated carbocycles. The van der Waals surface area contributed by atoms with Crippen molar-refractivity contribution in [3.05, 3.63) is 80.3 Å². The summed E-state index contributed by atoms with van der Waals surface area (Å²) in [6.07, 6.45) is 4.14. The summed E-state index contributed by atoms with van der Waals surface area (Å²) in [4.78, 5) is 36.8. The third kappa shape index (κ3) is 3.64. The van der Waals surface area contributed by atoms with Crippen LogP contribution in [0, 0.1) is 20.2 Å². The van der Waals surface area contributed by atoms with Crippen molar-refractivity contribution in [2.75, 3.05) is 6.54 Å². The van der Waals surface area contributed by atoms with Crippen LogP contribution in [0.15, 0.2) is 48.8 Å². The van der Waals surface area contributed by atoms with Crippen molar-refractivity contribution in [3.8, 4) is 0 Å². The minimum Gasteiger partial charge on any atom is -0.352 e. The van der Waals surface area contributed by atoms with Crippen LogP contribution in [0.3, 0.4) is 0 Å². The molecule has 132 valence electrons. The molecule has 1 amide bonds. The van der Waals surface area contributed by atoms with Crippen molar-refractivity contribution in [2.45, 2.75) is 6.42 Å². The number of nitro benzene ring substituents is 2. The van der Waals surface area contributed by atoms with E-state index in [0.717, 1.165) is 29.5 Å². The van der Waals surface area contributed by atoms with Gasteiger partial charge in [0.15, 0.2) is 0 Å². The number of nitrogens with one attached hydrogen (secondary N) is 1. The van der Waals surface area contributed by atoms with Crippen LogP contribution in [-0.2, 0) is 6.42 Å². The average molecular weight is 355 g/mol. The first-order chi connectivity index (χ1) is 12.4. The summed E-state index contributed by atoms with van der Waals surface area (Å²) >= 11 is 0. The van der Waals surface area contributed by atoms with Crippen LogP contribution in [0.5, 0.6) is 0 Å². The fourth-order valence-electron chi connectivity index (χ4n) is 2.45. The summed E-state index contributed by atoms with van der Waals surface area (Å²) < 4.78 is 1.85. The summed E-state index contributed by atoms with van der Waals surface area (Å²) in [5.74, 6) is -0.624. The highest BCUT2D eigenvalue weighted by atomic mass is 16.6. The van der Waals surface area contributed by atoms with E-state index < -0.39 is 27.1 Å². The molecule has 0 bridgehead atoms. The van der Waals surface area contributed by atoms with Crippen LogP contribution in [0.4, 0.5) is 11.4 Å². The first kappa shape index (κ1) is 17.0. The topological polar surface area (TPSA) is 133 Å². The molecule has 0 spiro atoms. The van der Waals surface area contributed by atoms with Gasteiger partial charge < -0.3 is 9.72 Å². The molecule has 0 aliphatic heterocycles. The Hall–Kier alpha value is -3.82. The third-order valence-electron chi connectivity index (χ3n) is 3.67. The molecule has 0 aliphatic rings. The molecular weight excluding hydrogens is 342 g/mol. The van der Waals surface area contributed by atoms with Crippen molar-refractivity contribution in [2.24, 2.45) is 0 Å². The first-order valence-electron chi connectivity index (χ1n) is 7.59. The van der Waals surface area contributed by atoms with E-state index in [1.165, 1.54) is 0 Å². The van der Waals surface area contributed by atoms with Crippen molar-refractivity contribution in [3.63, 3.8) is 0 Å². The molecule has 1 N–H and O–H groups in total. The number of rotatable bonds is 6. The quantitative estimate of drug-likeness (QED) is 0.532. The number of nitrogens with zero attached hydrogens (tertiary/aromatic N) is 4. The Balaban J connectivity index is 1.69. The Labute approximate surface area is 146 Å². The summed E-state index contributed by atoms with van der Waals surface area (Å²) in [6.45, 7) is 0.235. The molecule has 0 aliphatic carbocycles. The first-order valence-corrected chi connectivity index (χ1v) is 7.59. The standard InChI is InChI=1S/C16H13N5O5/c22-16(11-7-13(20(23)24)9-14(8-11)21(25)26)17-5-4-12-10-19-6-2-1-3-15(19)18-12/h1-3,6-10H,4-5H2,(H,17,22). The van der Waals surface area contributed by atoms with Crippen LogP contribution in [-0.4, -0.2) is 31.7 Å². The van der Waals surface area contributed by atoms with Crippen LogP contribution >= 0.6 is 0 Å². The lowest BCUT2D eigenvalue weighted by atomic mass is 10.1. The van der Waals surface area contributed by atoms with Gasteiger partial charge in [0.25, 0.3) is 17.3 Å². The molecule has 0 saturated heterocycles. The fourth-order valence-corrected chi connectivity index (χ4v) is 2.45. The number of pyridine rings is 1. The normalized spacial score (nSPS) is 10.6. The number of aromatic nitrogens is 2. The lowest BCUT2D eigenvalue weighted by molar-refractivity contribution is -0.394. The van der Waals surface area contributed by atoms with E-state index >= 15 is 0 Å². The zero-order valence-electron chi connectivity index (χ0n) is 13.4. The fraction of sp³-hybridized carbons (Fsp3) is 0.125. The molecule has 0 fully saturated rings. The molecule has 0 radical (unpaired) electrons. The second-order valence-corrected chi connectivity index (χ2v) is 5.46. The summed E-state index contributed by atoms with van der Waals surface area (Å²) in [6, 6.07) is 8.41. The molecule has 0 unspecified atom stereocenters. The Bertz CT molecular complexity index is 948. The second-order valence-electron chi connectivity index (χ2n) is 5.46. The van der Waals surface area contributed by atoms with Crippen molar-refractivity contribution < 1.29 is 14.6 Å². The van der Waals surface area contributed by atoms with Crippen LogP contribution in [0.1, 0.15) is 16.1 Å². The third-order valence-corrected chi connectivity index (χ3v) is 3.67. The highest BCUT2D eigenvalue weighted by molar-refractivity contribution is 5.95. The molecule has 2 heterocycles. The average Bonchev–Trinajstić information content (AvgIpc) is 3.03. The maximum atomic E-state index is 12.2. The van der Waals surface area contributed by atoms with Crippen LogP contribution in [0.2, 0.25) is 0 Å². The minimum absolute atomic E-state index is 0.138. The Kier molecular flexibility index (Phi) is 4.56. The number of amides is 1. The van der Waals surface area contributed by atoms with E-state index in [1.54, 1.807) is 0 Å². The summed E-state index contributed by atoms with van der Waals surface area (Å²) in [7, 11) is 0. The minimum atomic E-state index is -0.777. The van der Waals surface area contributed by atoms with Crippen LogP contribution < -0.4 is 5.32 Å². The maximum absolute atomic E-state index is 12.2. The SMILES string of the molecule is O=C(NCCc1cn2ccccc2n1)c1cc([N+](=O)[O-])cc([N+](=O)[O-])c1. The Morgan fingerprint density at radius 2 is 1.81 bits per heavy atom. The predicted molar refractivity (Wildman–Crippen MR) is 91.0 cm³/mol. The molecule has 3 aromatic rings. The van der Waals surface area contributed by atoms with Gasteiger partial charge in [0, 0.05) is 37.5 Å². The molecule has 3 rings (SSSR count). The highest BCUT2D eigenvalue weighted by Gasteiger charge is 2.19. The molecule has 2 aromatic heterocycles. The molecule has 0 atom stereocenters. The summed E-state index contributed by atoms with van der Waals surface area (Å²) in [5.41, 5.74) is 0.389. The number of benzene rings is 1. The van der Waals surface area contributed by atoms with Gasteiger partial charge in [-0.25, -0.2) is 4.98 Å². The van der Waals surface area contributed by atoms with Gasteiger partial charge in [0.1, 0.15) is 5.65 Å². The number of carbonyl (C=O) groups is 1. The van der Waals surface area contributed by atoms with E-state index in [9.17, 15) is 25.0 Å². The number of hydrogen-bond donors (Lipinski definition) is 1. The van der Waals surface area contributed by atoms with Gasteiger partial charge in [-0.1, -0.05) is 6.07 Å². The largest absolute Gasteiger partial charge is 0.352 e. The van der Waals surface area contributed by atoms with Crippen molar-refractivity contribution in [1.82, 2.24) is 14.7 Å². The van der Waals surface area contributed by atoms with Crippen molar-refractivity contribution >= 4 is 22.9 Å². The number of hydrogen-bond acceptors (Lipinski definition) is 6. The van der Waals surface area contributed by atoms with E-state index in [4.69, 9.17) is 0 Å². The van der Waals surface area contributed by atoms with Gasteiger partial charge in [0.05, 0.1) is 27.2 Å². The van der Waals surface area contributed by atoms with Gasteiger partial charge in [0.2, 0.25) is 0 Å². The van der Waals surface area contributed by atoms with Gasteiger partial charge in [-0.05, 0) is 12.1 Å². The van der Waals surface area contributed by atoms with E-state index in [1.807, 2.05) is 35.0 Å². The van der Waals surface area contributed by atoms with Gasteiger partial charge in [-0.2, -0.15) is 0 Å². The van der Waals surface area contributed by atoms with Crippen molar-refractivity contribution in [1.29, 1.82) is 0 Å². The van der Waals surface area contributed by atoms with Gasteiger partial charge in [-0.15, -0.1) is 0 Å². The lowest BCUT2D eigenvalue weighted by Crippen LogP contribution is -2.25. The molecular formula is C16H13N5O5. The predicted octanol–water partition coefficient (Wildman–Crippen LogP) is 2.12. The molecule has 1 aromatic carbocycles. The lowest BCUT2D eigenvalue weighted by Gasteiger charge is -2.04. The van der Waals surface area contributed by atoms with Gasteiger partial charge in [-0.3, -0.25) is 25.0 Å². The number of non-ortho nitro benzene ring substituents is 2. The number of nitro groups is 2. The number of imidazole rings is 1. The number of fused-ring (bicyclic) bond motifs is 1. The maximum Gasteiger partial charge on any atom is 0.277 e. The zero-order chi connectivity index (χ0) is 18.7. The van der Waals surface area contributed by atoms with E-state index in [0.29, 0.717) is 6.42 Å². The second kappa shape index (κ2) is 6.97. The zero-order valence-corrected chi connectivity index (χ0v) is 13.4. The Morgan fingerprint density at radius 3 is 2.42 bits per heavy atom. The molecule has 10 heteroatoms. The molecule has 26 heavy (non-hydrogen) atoms. The van der Waals surface area contributed by atoms with E-state index in [2.05, 4.69) is 10.3 Å². The van der Waals surface area contributed by atoms with Crippen LogP contribution in [0.25, 0.3) is 5.65 Å². The van der Waals surface area contributed by atoms with Gasteiger partial charge >= 0.3 is 0 Å². The smallest absolute Gasteiger partial charge is 0.277 e. The summed E-state index contributed by atoms with van der Waals surface area (Å²) in [5, 5.41) is 24.3. The monoisotopic (exact) mass is 355 g/mol. The number of carbonyl (C=O) groups excluding carboxylic acids is 1. The molecule has 10 nitrogen and oxygen atoms in total.